The zero-order valence-electron chi connectivity index (χ0n) is 37.6. The number of rotatable bonds is 43. The summed E-state index contributed by atoms with van der Waals surface area (Å²) in [5.41, 5.74) is 0. The summed E-state index contributed by atoms with van der Waals surface area (Å²) in [7, 11) is 0. The second kappa shape index (κ2) is 42.0. The van der Waals surface area contributed by atoms with Crippen molar-refractivity contribution >= 4 is 17.9 Å². The molecule has 0 aromatic carbocycles. The smallest absolute Gasteiger partial charge is 0.306 e. The molecule has 0 aliphatic carbocycles. The molecule has 0 saturated heterocycles. The van der Waals surface area contributed by atoms with Gasteiger partial charge in [0, 0.05) is 19.3 Å². The second-order valence-corrected chi connectivity index (χ2v) is 17.5. The second-order valence-electron chi connectivity index (χ2n) is 17.5. The molecule has 0 spiro atoms. The first-order valence-corrected chi connectivity index (χ1v) is 24.3. The minimum Gasteiger partial charge on any atom is -0.462 e. The molecule has 0 N–H and O–H groups in total. The average Bonchev–Trinajstić information content (AvgIpc) is 3.17. The van der Waals surface area contributed by atoms with Crippen LogP contribution in [0, 0.1) is 11.8 Å². The van der Waals surface area contributed by atoms with E-state index in [0.717, 1.165) is 69.6 Å². The van der Waals surface area contributed by atoms with Crippen LogP contribution in [0.4, 0.5) is 0 Å². The Morgan fingerprint density at radius 1 is 0.382 bits per heavy atom. The van der Waals surface area contributed by atoms with Gasteiger partial charge in [0.2, 0.25) is 0 Å². The van der Waals surface area contributed by atoms with Gasteiger partial charge < -0.3 is 14.2 Å². The highest BCUT2D eigenvalue weighted by molar-refractivity contribution is 5.71. The standard InChI is InChI=1S/C49H94O6/c1-6-8-9-10-11-12-13-14-15-18-26-31-36-41-49(52)55-46(42-53-47(50)39-34-29-24-19-16-17-22-27-32-37-44(3)4)43-54-48(51)40-35-30-25-21-20-23-28-33-38-45(5)7-2/h44-46H,6-43H2,1-5H3/t45?,46-/m1/s1. The van der Waals surface area contributed by atoms with E-state index < -0.39 is 6.10 Å². The van der Waals surface area contributed by atoms with E-state index in [1.165, 1.54) is 154 Å². The van der Waals surface area contributed by atoms with Crippen molar-refractivity contribution in [2.24, 2.45) is 11.8 Å². The van der Waals surface area contributed by atoms with Crippen LogP contribution in [0.3, 0.4) is 0 Å². The van der Waals surface area contributed by atoms with Crippen molar-refractivity contribution in [3.63, 3.8) is 0 Å². The molecule has 0 heterocycles. The van der Waals surface area contributed by atoms with E-state index in [9.17, 15) is 14.4 Å². The van der Waals surface area contributed by atoms with Crippen LogP contribution < -0.4 is 0 Å². The van der Waals surface area contributed by atoms with E-state index in [0.29, 0.717) is 19.3 Å². The Balaban J connectivity index is 4.34. The van der Waals surface area contributed by atoms with E-state index in [2.05, 4.69) is 34.6 Å². The molecule has 0 rings (SSSR count). The topological polar surface area (TPSA) is 78.9 Å². The molecule has 0 aliphatic rings. The van der Waals surface area contributed by atoms with Crippen LogP contribution in [0.1, 0.15) is 266 Å². The van der Waals surface area contributed by atoms with Crippen molar-refractivity contribution in [2.75, 3.05) is 13.2 Å². The maximum atomic E-state index is 12.7. The van der Waals surface area contributed by atoms with E-state index in [-0.39, 0.29) is 31.1 Å². The van der Waals surface area contributed by atoms with Crippen LogP contribution >= 0.6 is 0 Å². The minimum absolute atomic E-state index is 0.0649. The van der Waals surface area contributed by atoms with Crippen LogP contribution in [0.25, 0.3) is 0 Å². The van der Waals surface area contributed by atoms with Crippen LogP contribution in [-0.4, -0.2) is 37.2 Å². The summed E-state index contributed by atoms with van der Waals surface area (Å²) in [4.78, 5) is 37.8. The molecular formula is C49H94O6. The highest BCUT2D eigenvalue weighted by atomic mass is 16.6. The molecule has 2 atom stereocenters. The van der Waals surface area contributed by atoms with Crippen molar-refractivity contribution in [3.05, 3.63) is 0 Å². The van der Waals surface area contributed by atoms with Crippen LogP contribution in [0.5, 0.6) is 0 Å². The van der Waals surface area contributed by atoms with Crippen molar-refractivity contribution < 1.29 is 28.6 Å². The van der Waals surface area contributed by atoms with Crippen LogP contribution in [0.2, 0.25) is 0 Å². The Hall–Kier alpha value is -1.59. The Kier molecular flexibility index (Phi) is 40.8. The molecule has 0 radical (unpaired) electrons. The third kappa shape index (κ3) is 41.9. The van der Waals surface area contributed by atoms with Gasteiger partial charge in [0.25, 0.3) is 0 Å². The van der Waals surface area contributed by atoms with Gasteiger partial charge in [0.15, 0.2) is 6.10 Å². The number of unbranched alkanes of at least 4 members (excludes halogenated alkanes) is 27. The largest absolute Gasteiger partial charge is 0.462 e. The quantitative estimate of drug-likeness (QED) is 0.0348. The van der Waals surface area contributed by atoms with Gasteiger partial charge in [-0.3, -0.25) is 14.4 Å². The zero-order valence-corrected chi connectivity index (χ0v) is 37.6. The lowest BCUT2D eigenvalue weighted by Gasteiger charge is -2.18. The number of carbonyl (C=O) groups is 3. The third-order valence-electron chi connectivity index (χ3n) is 11.3. The normalized spacial score (nSPS) is 12.5. The molecule has 6 nitrogen and oxygen atoms in total. The Morgan fingerprint density at radius 2 is 0.691 bits per heavy atom. The zero-order chi connectivity index (χ0) is 40.5. The molecule has 0 fully saturated rings. The van der Waals surface area contributed by atoms with E-state index in [1.54, 1.807) is 0 Å². The predicted molar refractivity (Wildman–Crippen MR) is 233 cm³/mol. The number of hydrogen-bond donors (Lipinski definition) is 0. The first-order valence-electron chi connectivity index (χ1n) is 24.3. The summed E-state index contributed by atoms with van der Waals surface area (Å²) < 4.78 is 16.8. The molecule has 0 aromatic heterocycles. The van der Waals surface area contributed by atoms with Gasteiger partial charge in [-0.25, -0.2) is 0 Å². The van der Waals surface area contributed by atoms with Crippen molar-refractivity contribution in [3.8, 4) is 0 Å². The van der Waals surface area contributed by atoms with Crippen LogP contribution in [-0.2, 0) is 28.6 Å². The van der Waals surface area contributed by atoms with Crippen molar-refractivity contribution in [1.29, 1.82) is 0 Å². The summed E-state index contributed by atoms with van der Waals surface area (Å²) in [6, 6.07) is 0. The first kappa shape index (κ1) is 53.4. The maximum absolute atomic E-state index is 12.7. The lowest BCUT2D eigenvalue weighted by atomic mass is 9.99. The molecule has 0 aliphatic heterocycles. The first-order chi connectivity index (χ1) is 26.8. The van der Waals surface area contributed by atoms with Crippen molar-refractivity contribution in [2.45, 2.75) is 272 Å². The highest BCUT2D eigenvalue weighted by Gasteiger charge is 2.19. The van der Waals surface area contributed by atoms with Crippen LogP contribution in [0.15, 0.2) is 0 Å². The fourth-order valence-electron chi connectivity index (χ4n) is 7.25. The van der Waals surface area contributed by atoms with Gasteiger partial charge in [0.1, 0.15) is 13.2 Å². The van der Waals surface area contributed by atoms with Crippen molar-refractivity contribution in [1.82, 2.24) is 0 Å². The summed E-state index contributed by atoms with van der Waals surface area (Å²) in [6.07, 6.45) is 40.8. The fraction of sp³-hybridized carbons (Fsp3) is 0.939. The molecule has 1 unspecified atom stereocenters. The van der Waals surface area contributed by atoms with Gasteiger partial charge in [-0.05, 0) is 31.1 Å². The lowest BCUT2D eigenvalue weighted by molar-refractivity contribution is -0.167. The minimum atomic E-state index is -0.761. The molecule has 0 bridgehead atoms. The molecular weight excluding hydrogens is 685 g/mol. The summed E-state index contributed by atoms with van der Waals surface area (Å²) in [5.74, 6) is 0.802. The van der Waals surface area contributed by atoms with E-state index in [1.807, 2.05) is 0 Å². The number of esters is 3. The van der Waals surface area contributed by atoms with E-state index >= 15 is 0 Å². The third-order valence-corrected chi connectivity index (χ3v) is 11.3. The predicted octanol–water partition coefficient (Wildman–Crippen LogP) is 15.4. The molecule has 0 saturated carbocycles. The maximum Gasteiger partial charge on any atom is 0.306 e. The monoisotopic (exact) mass is 779 g/mol. The Bertz CT molecular complexity index is 841. The van der Waals surface area contributed by atoms with Gasteiger partial charge >= 0.3 is 17.9 Å². The Morgan fingerprint density at radius 3 is 1.04 bits per heavy atom. The van der Waals surface area contributed by atoms with Gasteiger partial charge in [-0.2, -0.15) is 0 Å². The fourth-order valence-corrected chi connectivity index (χ4v) is 7.25. The number of ether oxygens (including phenoxy) is 3. The summed E-state index contributed by atoms with van der Waals surface area (Å²) in [6.45, 7) is 11.3. The summed E-state index contributed by atoms with van der Waals surface area (Å²) in [5, 5.41) is 0. The molecule has 326 valence electrons. The summed E-state index contributed by atoms with van der Waals surface area (Å²) >= 11 is 0. The molecule has 55 heavy (non-hydrogen) atoms. The highest BCUT2D eigenvalue weighted by Crippen LogP contribution is 2.17. The molecule has 0 amide bonds. The van der Waals surface area contributed by atoms with Gasteiger partial charge in [-0.15, -0.1) is 0 Å². The molecule has 6 heteroatoms. The number of carbonyl (C=O) groups excluding carboxylic acids is 3. The molecule has 0 aromatic rings. The Labute approximate surface area is 342 Å². The number of hydrogen-bond acceptors (Lipinski definition) is 6. The average molecular weight is 779 g/mol. The SMILES string of the molecule is CCCCCCCCCCCCCCCC(=O)O[C@H](COC(=O)CCCCCCCCCCCC(C)C)COC(=O)CCCCCCCCCCC(C)CC. The van der Waals surface area contributed by atoms with Gasteiger partial charge in [0.05, 0.1) is 0 Å². The van der Waals surface area contributed by atoms with E-state index in [4.69, 9.17) is 14.2 Å². The lowest BCUT2D eigenvalue weighted by Crippen LogP contribution is -2.30. The van der Waals surface area contributed by atoms with Gasteiger partial charge in [-0.1, -0.05) is 227 Å².